The molecule has 25 heavy (non-hydrogen) atoms. The molecule has 0 saturated heterocycles. The van der Waals surface area contributed by atoms with Crippen LogP contribution in [-0.4, -0.2) is 0 Å². The quantitative estimate of drug-likeness (QED) is 0.525. The molecule has 0 aliphatic heterocycles. The summed E-state index contributed by atoms with van der Waals surface area (Å²) in [6, 6.07) is 15.1. The molecule has 1 aromatic heterocycles. The van der Waals surface area contributed by atoms with E-state index in [2.05, 4.69) is 57.2 Å². The van der Waals surface area contributed by atoms with Crippen molar-refractivity contribution in [3.05, 3.63) is 76.5 Å². The number of benzene rings is 2. The van der Waals surface area contributed by atoms with E-state index in [9.17, 15) is 0 Å². The lowest BCUT2D eigenvalue weighted by Gasteiger charge is -2.24. The van der Waals surface area contributed by atoms with Gasteiger partial charge < -0.3 is 0 Å². The van der Waals surface area contributed by atoms with Crippen LogP contribution in [0.25, 0.3) is 22.4 Å². The molecule has 3 aromatic rings. The van der Waals surface area contributed by atoms with Crippen molar-refractivity contribution < 1.29 is 8.68 Å². The maximum Gasteiger partial charge on any atom is 0.213 e. The number of hydrogen-bond acceptors (Lipinski definition) is 0. The van der Waals surface area contributed by atoms with Crippen LogP contribution in [0.15, 0.2) is 48.7 Å². The minimum atomic E-state index is -2.11. The summed E-state index contributed by atoms with van der Waals surface area (Å²) in [6.07, 6.45) is 1.77. The number of hydrogen-bond donors (Lipinski definition) is 0. The SMILES string of the molecule is [2H]C([2H])([2H])c1c[n+](C)c(-c2c(C)ccc3c2C(C)(C)c2ccccc2-3)cc1C. The van der Waals surface area contributed by atoms with Gasteiger partial charge in [0.25, 0.3) is 0 Å². The van der Waals surface area contributed by atoms with Crippen LogP contribution in [-0.2, 0) is 12.5 Å². The highest BCUT2D eigenvalue weighted by Gasteiger charge is 2.39. The Morgan fingerprint density at radius 3 is 2.44 bits per heavy atom. The molecule has 1 nitrogen and oxygen atoms in total. The topological polar surface area (TPSA) is 3.88 Å². The van der Waals surface area contributed by atoms with E-state index in [1.807, 2.05) is 24.6 Å². The molecule has 126 valence electrons. The Morgan fingerprint density at radius 2 is 1.68 bits per heavy atom. The number of nitrogens with zero attached hydrogens (tertiary/aromatic N) is 1. The summed E-state index contributed by atoms with van der Waals surface area (Å²) in [5.74, 6) is 0. The van der Waals surface area contributed by atoms with Crippen molar-refractivity contribution in [1.29, 1.82) is 0 Å². The summed E-state index contributed by atoms with van der Waals surface area (Å²) in [7, 11) is 1.94. The molecule has 0 atom stereocenters. The highest BCUT2D eigenvalue weighted by atomic mass is 14.9. The van der Waals surface area contributed by atoms with E-state index >= 15 is 0 Å². The zero-order valence-corrected chi connectivity index (χ0v) is 15.6. The molecule has 0 spiro atoms. The third-order valence-corrected chi connectivity index (χ3v) is 5.67. The van der Waals surface area contributed by atoms with Gasteiger partial charge in [0.2, 0.25) is 5.69 Å². The monoisotopic (exact) mass is 331 g/mol. The Balaban J connectivity index is 2.04. The van der Waals surface area contributed by atoms with Crippen molar-refractivity contribution in [2.75, 3.05) is 0 Å². The molecule has 2 aromatic carbocycles. The smallest absolute Gasteiger partial charge is 0.201 e. The zero-order chi connectivity index (χ0) is 20.4. The average Bonchev–Trinajstić information content (AvgIpc) is 2.84. The van der Waals surface area contributed by atoms with Crippen LogP contribution >= 0.6 is 0 Å². The first-order valence-corrected chi connectivity index (χ1v) is 8.78. The molecular weight excluding hydrogens is 302 g/mol. The van der Waals surface area contributed by atoms with Crippen molar-refractivity contribution in [3.8, 4) is 22.4 Å². The lowest BCUT2D eigenvalue weighted by molar-refractivity contribution is -0.660. The van der Waals surface area contributed by atoms with Gasteiger partial charge in [-0.15, -0.1) is 0 Å². The van der Waals surface area contributed by atoms with Gasteiger partial charge >= 0.3 is 0 Å². The van der Waals surface area contributed by atoms with E-state index in [-0.39, 0.29) is 5.41 Å². The molecule has 1 aliphatic carbocycles. The predicted molar refractivity (Wildman–Crippen MR) is 105 cm³/mol. The Hall–Kier alpha value is -2.41. The first-order valence-electron chi connectivity index (χ1n) is 10.3. The lowest BCUT2D eigenvalue weighted by atomic mass is 9.78. The van der Waals surface area contributed by atoms with Crippen molar-refractivity contribution >= 4 is 0 Å². The fourth-order valence-electron chi connectivity index (χ4n) is 4.31. The highest BCUT2D eigenvalue weighted by molar-refractivity contribution is 5.88. The second kappa shape index (κ2) is 5.29. The summed E-state index contributed by atoms with van der Waals surface area (Å²) >= 11 is 0. The number of fused-ring (bicyclic) bond motifs is 3. The molecule has 1 aliphatic rings. The summed E-state index contributed by atoms with van der Waals surface area (Å²) < 4.78 is 25.4. The van der Waals surface area contributed by atoms with Crippen molar-refractivity contribution in [2.24, 2.45) is 7.05 Å². The van der Waals surface area contributed by atoms with E-state index in [1.165, 1.54) is 33.4 Å². The number of aromatic nitrogens is 1. The fraction of sp³-hybridized carbons (Fsp3) is 0.292. The average molecular weight is 331 g/mol. The molecule has 4 rings (SSSR count). The lowest BCUT2D eigenvalue weighted by Crippen LogP contribution is -2.32. The van der Waals surface area contributed by atoms with Crippen molar-refractivity contribution in [3.63, 3.8) is 0 Å². The summed E-state index contributed by atoms with van der Waals surface area (Å²) in [5.41, 5.74) is 9.81. The van der Waals surface area contributed by atoms with Crippen molar-refractivity contribution in [2.45, 2.75) is 40.0 Å². The molecule has 0 radical (unpaired) electrons. The first-order chi connectivity index (χ1) is 13.0. The third kappa shape index (κ3) is 2.18. The molecule has 0 N–H and O–H groups in total. The minimum absolute atomic E-state index is 0.114. The third-order valence-electron chi connectivity index (χ3n) is 5.67. The Labute approximate surface area is 155 Å². The van der Waals surface area contributed by atoms with E-state index in [0.717, 1.165) is 11.3 Å². The standard InChI is InChI=1S/C24H26N/c1-15-11-12-19-18-9-7-8-10-20(18)24(4,5)23(19)22(15)21-13-16(2)17(3)14-25(21)6/h7-14H,1-6H3/q+1/i3D3. The predicted octanol–water partition coefficient (Wildman–Crippen LogP) is 5.41. The van der Waals surface area contributed by atoms with Crippen LogP contribution in [0.4, 0.5) is 0 Å². The van der Waals surface area contributed by atoms with Crippen LogP contribution in [0, 0.1) is 20.7 Å². The Kier molecular flexibility index (Phi) is 2.73. The molecule has 0 saturated carbocycles. The van der Waals surface area contributed by atoms with Gasteiger partial charge in [-0.05, 0) is 54.1 Å². The summed E-state index contributed by atoms with van der Waals surface area (Å²) in [6.45, 7) is 6.49. The van der Waals surface area contributed by atoms with Crippen molar-refractivity contribution in [1.82, 2.24) is 0 Å². The second-order valence-corrected chi connectivity index (χ2v) is 7.72. The van der Waals surface area contributed by atoms with Crippen LogP contribution in [0.1, 0.15) is 45.8 Å². The largest absolute Gasteiger partial charge is 0.213 e. The molecule has 0 unspecified atom stereocenters. The minimum Gasteiger partial charge on any atom is -0.201 e. The summed E-state index contributed by atoms with van der Waals surface area (Å²) in [5, 5.41) is 0. The van der Waals surface area contributed by atoms with E-state index < -0.39 is 6.85 Å². The molecule has 1 heteroatoms. The maximum atomic E-state index is 7.82. The second-order valence-electron chi connectivity index (χ2n) is 7.72. The first kappa shape index (κ1) is 12.9. The van der Waals surface area contributed by atoms with E-state index in [4.69, 9.17) is 4.11 Å². The normalized spacial score (nSPS) is 16.6. The molecule has 0 amide bonds. The zero-order valence-electron chi connectivity index (χ0n) is 18.6. The number of aryl methyl sites for hydroxylation is 4. The van der Waals surface area contributed by atoms with Gasteiger partial charge in [0, 0.05) is 21.2 Å². The van der Waals surface area contributed by atoms with Gasteiger partial charge in [0.05, 0.1) is 5.56 Å². The van der Waals surface area contributed by atoms with Gasteiger partial charge in [-0.2, -0.15) is 0 Å². The van der Waals surface area contributed by atoms with Gasteiger partial charge in [-0.1, -0.05) is 50.2 Å². The Bertz CT molecular complexity index is 1110. The molecular formula is C24H26N+. The van der Waals surface area contributed by atoms with Crippen LogP contribution < -0.4 is 4.57 Å². The molecule has 0 fully saturated rings. The van der Waals surface area contributed by atoms with E-state index in [0.29, 0.717) is 5.56 Å². The van der Waals surface area contributed by atoms with Crippen LogP contribution in [0.5, 0.6) is 0 Å². The maximum absolute atomic E-state index is 7.82. The highest BCUT2D eigenvalue weighted by Crippen LogP contribution is 2.52. The summed E-state index contributed by atoms with van der Waals surface area (Å²) in [4.78, 5) is 0. The van der Waals surface area contributed by atoms with Gasteiger partial charge in [0.15, 0.2) is 6.20 Å². The Morgan fingerprint density at radius 1 is 0.920 bits per heavy atom. The van der Waals surface area contributed by atoms with E-state index in [1.54, 1.807) is 6.20 Å². The number of pyridine rings is 1. The van der Waals surface area contributed by atoms with Crippen LogP contribution in [0.3, 0.4) is 0 Å². The van der Waals surface area contributed by atoms with Gasteiger partial charge in [-0.3, -0.25) is 0 Å². The van der Waals surface area contributed by atoms with Gasteiger partial charge in [-0.25, -0.2) is 4.57 Å². The number of rotatable bonds is 1. The van der Waals surface area contributed by atoms with Crippen LogP contribution in [0.2, 0.25) is 0 Å². The molecule has 1 heterocycles. The fourth-order valence-corrected chi connectivity index (χ4v) is 4.31. The van der Waals surface area contributed by atoms with Gasteiger partial charge in [0.1, 0.15) is 7.05 Å². The molecule has 0 bridgehead atoms.